The van der Waals surface area contributed by atoms with Crippen molar-refractivity contribution < 1.29 is 18.7 Å². The number of carbonyl (C=O) groups excluding carboxylic acids is 1. The van der Waals surface area contributed by atoms with Crippen LogP contribution in [0.25, 0.3) is 22.3 Å². The Morgan fingerprint density at radius 2 is 1.98 bits per heavy atom. The number of carbonyl (C=O) groups is 1. The van der Waals surface area contributed by atoms with Crippen LogP contribution in [0.5, 0.6) is 11.5 Å². The van der Waals surface area contributed by atoms with Crippen LogP contribution < -0.4 is 10.5 Å². The monoisotopic (exact) mass is 610 g/mol. The van der Waals surface area contributed by atoms with Gasteiger partial charge in [0, 0.05) is 30.3 Å². The molecule has 1 atom stereocenters. The van der Waals surface area contributed by atoms with E-state index in [9.17, 15) is 10.1 Å². The number of para-hydroxylation sites is 1. The number of ether oxygens (including phenoxy) is 2. The molecule has 6 rings (SSSR count). The van der Waals surface area contributed by atoms with Gasteiger partial charge in [-0.3, -0.25) is 9.69 Å². The van der Waals surface area contributed by atoms with Crippen molar-refractivity contribution in [1.29, 1.82) is 5.26 Å². The quantitative estimate of drug-likeness (QED) is 0.222. The normalized spacial score (nSPS) is 17.7. The molecule has 2 aromatic carbocycles. The first kappa shape index (κ1) is 30.2. The molecule has 2 N–H and O–H groups in total. The van der Waals surface area contributed by atoms with Crippen LogP contribution in [0.2, 0.25) is 0 Å². The van der Waals surface area contributed by atoms with Gasteiger partial charge < -0.3 is 20.1 Å². The number of benzene rings is 2. The molecule has 0 aliphatic carbocycles. The molecule has 2 aromatic heterocycles. The van der Waals surface area contributed by atoms with Gasteiger partial charge in [-0.1, -0.05) is 18.2 Å². The summed E-state index contributed by atoms with van der Waals surface area (Å²) in [6, 6.07) is 15.8. The first-order valence-electron chi connectivity index (χ1n) is 14.9. The molecule has 2 fully saturated rings. The first-order valence-corrected chi connectivity index (χ1v) is 14.9. The molecule has 45 heavy (non-hydrogen) atoms. The summed E-state index contributed by atoms with van der Waals surface area (Å²) in [6.07, 6.45) is 4.48. The predicted octanol–water partition coefficient (Wildman–Crippen LogP) is 4.73. The van der Waals surface area contributed by atoms with Crippen molar-refractivity contribution in [2.75, 3.05) is 39.1 Å². The lowest BCUT2D eigenvalue weighted by molar-refractivity contribution is -0.128. The van der Waals surface area contributed by atoms with Crippen LogP contribution >= 0.6 is 0 Å². The number of nitrogens with zero attached hydrogens (tertiary/aromatic N) is 7. The lowest BCUT2D eigenvalue weighted by Gasteiger charge is -2.43. The van der Waals surface area contributed by atoms with Gasteiger partial charge in [0.15, 0.2) is 5.65 Å². The number of rotatable bonds is 8. The number of likely N-dealkylation sites (N-methyl/N-ethyl adjacent to an activating group) is 1. The molecular formula is C33H35FN8O3. The molecule has 0 radical (unpaired) electrons. The molecule has 2 aliphatic heterocycles. The maximum Gasteiger partial charge on any atom is 0.264 e. The van der Waals surface area contributed by atoms with Crippen molar-refractivity contribution in [3.8, 4) is 28.8 Å². The molecule has 12 heteroatoms. The number of nitrogen functional groups attached to an aromatic ring is 1. The first-order chi connectivity index (χ1) is 21.7. The molecule has 1 amide bonds. The van der Waals surface area contributed by atoms with E-state index >= 15 is 4.39 Å². The molecule has 4 heterocycles. The number of amides is 1. The highest BCUT2D eigenvalue weighted by molar-refractivity contribution is 5.99. The van der Waals surface area contributed by atoms with E-state index < -0.39 is 11.4 Å². The molecule has 0 saturated carbocycles. The number of fused-ring (bicyclic) bond motifs is 1. The van der Waals surface area contributed by atoms with Crippen molar-refractivity contribution in [2.24, 2.45) is 0 Å². The lowest BCUT2D eigenvalue weighted by atomic mass is 9.96. The highest BCUT2D eigenvalue weighted by Gasteiger charge is 2.35. The number of anilines is 1. The van der Waals surface area contributed by atoms with Gasteiger partial charge in [0.25, 0.3) is 5.91 Å². The van der Waals surface area contributed by atoms with E-state index in [0.717, 1.165) is 0 Å². The van der Waals surface area contributed by atoms with Gasteiger partial charge in [0.1, 0.15) is 46.8 Å². The molecule has 232 valence electrons. The Labute approximate surface area is 260 Å². The number of hydrogen-bond donors (Lipinski definition) is 1. The maximum absolute atomic E-state index is 15.6. The Balaban J connectivity index is 1.28. The number of aromatic nitrogens is 4. The number of nitriles is 1. The second-order valence-corrected chi connectivity index (χ2v) is 12.0. The maximum atomic E-state index is 15.6. The van der Waals surface area contributed by atoms with E-state index in [1.54, 1.807) is 39.9 Å². The van der Waals surface area contributed by atoms with E-state index in [1.807, 2.05) is 39.1 Å². The smallest absolute Gasteiger partial charge is 0.264 e. The van der Waals surface area contributed by atoms with Gasteiger partial charge >= 0.3 is 0 Å². The largest absolute Gasteiger partial charge is 0.457 e. The summed E-state index contributed by atoms with van der Waals surface area (Å²) in [5.41, 5.74) is 6.83. The second-order valence-electron chi connectivity index (χ2n) is 12.0. The van der Waals surface area contributed by atoms with Crippen LogP contribution in [0, 0.1) is 17.1 Å². The molecule has 4 aromatic rings. The van der Waals surface area contributed by atoms with E-state index in [-0.39, 0.29) is 34.9 Å². The number of likely N-dealkylation sites (tertiary alicyclic amines) is 1. The summed E-state index contributed by atoms with van der Waals surface area (Å²) < 4.78 is 28.4. The Kier molecular flexibility index (Phi) is 8.22. The van der Waals surface area contributed by atoms with Crippen molar-refractivity contribution in [1.82, 2.24) is 29.5 Å². The third-order valence-electron chi connectivity index (χ3n) is 8.65. The Morgan fingerprint density at radius 1 is 1.20 bits per heavy atom. The Morgan fingerprint density at radius 3 is 2.67 bits per heavy atom. The number of halogens is 1. The lowest BCUT2D eigenvalue weighted by Crippen LogP contribution is -2.55. The zero-order valence-corrected chi connectivity index (χ0v) is 25.5. The summed E-state index contributed by atoms with van der Waals surface area (Å²) in [5.74, 6) is 0.231. The standard InChI is InChI=1S/C33H35FN8O3/c1-33(2,40(3)23-18-44-19-23)15-21(16-35)32(43)41-13-7-8-22(17-41)42-31-28(30(36)37-20-38-31)29(39-42)26-12-11-25(14-27(26)34)45-24-9-5-4-6-10-24/h4-6,9-12,14-15,20,22-23H,7-8,13,17-19H2,1-3H3,(H2,36,37,38)/b21-15-/t22-/m0/s1. The van der Waals surface area contributed by atoms with E-state index in [2.05, 4.69) is 20.9 Å². The van der Waals surface area contributed by atoms with Crippen molar-refractivity contribution in [3.05, 3.63) is 72.3 Å². The highest BCUT2D eigenvalue weighted by Crippen LogP contribution is 2.36. The summed E-state index contributed by atoms with van der Waals surface area (Å²) in [6.45, 7) is 6.02. The molecular weight excluding hydrogens is 575 g/mol. The topological polar surface area (TPSA) is 135 Å². The Bertz CT molecular complexity index is 1790. The minimum Gasteiger partial charge on any atom is -0.457 e. The fourth-order valence-electron chi connectivity index (χ4n) is 5.84. The van der Waals surface area contributed by atoms with Crippen LogP contribution in [-0.4, -0.2) is 80.4 Å². The van der Waals surface area contributed by atoms with Crippen LogP contribution in [0.3, 0.4) is 0 Å². The minimum atomic E-state index is -0.538. The second kappa shape index (κ2) is 12.3. The van der Waals surface area contributed by atoms with Gasteiger partial charge in [-0.15, -0.1) is 0 Å². The van der Waals surface area contributed by atoms with Crippen LogP contribution in [0.4, 0.5) is 10.2 Å². The van der Waals surface area contributed by atoms with Crippen LogP contribution in [0.15, 0.2) is 66.5 Å². The molecule has 0 bridgehead atoms. The predicted molar refractivity (Wildman–Crippen MR) is 167 cm³/mol. The minimum absolute atomic E-state index is 0.0882. The van der Waals surface area contributed by atoms with Crippen LogP contribution in [0.1, 0.15) is 32.7 Å². The average Bonchev–Trinajstić information content (AvgIpc) is 3.40. The van der Waals surface area contributed by atoms with Crippen molar-refractivity contribution in [2.45, 2.75) is 44.3 Å². The third-order valence-corrected chi connectivity index (χ3v) is 8.65. The summed E-state index contributed by atoms with van der Waals surface area (Å²) in [4.78, 5) is 26.1. The van der Waals surface area contributed by atoms with E-state index in [0.29, 0.717) is 67.4 Å². The molecule has 2 saturated heterocycles. The van der Waals surface area contributed by atoms with Gasteiger partial charge in [-0.05, 0) is 64.1 Å². The SMILES string of the molecule is CN(C1COC1)C(C)(C)/C=C(/C#N)C(=O)N1CCC[C@H](n2nc(-c3ccc(Oc4ccccc4)cc3F)c3c(N)ncnc32)C1. The molecule has 11 nitrogen and oxygen atoms in total. The third kappa shape index (κ3) is 5.96. The summed E-state index contributed by atoms with van der Waals surface area (Å²) >= 11 is 0. The van der Waals surface area contributed by atoms with Gasteiger partial charge in [0.2, 0.25) is 0 Å². The van der Waals surface area contributed by atoms with Gasteiger partial charge in [-0.2, -0.15) is 10.4 Å². The number of piperidine rings is 1. The summed E-state index contributed by atoms with van der Waals surface area (Å²) in [5, 5.41) is 15.2. The fourth-order valence-corrected chi connectivity index (χ4v) is 5.84. The van der Waals surface area contributed by atoms with E-state index in [4.69, 9.17) is 20.3 Å². The number of hydrogen-bond acceptors (Lipinski definition) is 9. The Hall–Kier alpha value is -4.86. The van der Waals surface area contributed by atoms with Gasteiger partial charge in [0.05, 0.1) is 30.7 Å². The molecule has 0 spiro atoms. The molecule has 0 unspecified atom stereocenters. The van der Waals surface area contributed by atoms with Crippen molar-refractivity contribution in [3.63, 3.8) is 0 Å². The summed E-state index contributed by atoms with van der Waals surface area (Å²) in [7, 11) is 1.97. The zero-order valence-electron chi connectivity index (χ0n) is 25.5. The average molecular weight is 611 g/mol. The van der Waals surface area contributed by atoms with Gasteiger partial charge in [-0.25, -0.2) is 19.0 Å². The van der Waals surface area contributed by atoms with E-state index in [1.165, 1.54) is 12.4 Å². The molecule has 2 aliphatic rings. The van der Waals surface area contributed by atoms with Crippen LogP contribution in [-0.2, 0) is 9.53 Å². The van der Waals surface area contributed by atoms with Crippen molar-refractivity contribution >= 4 is 22.8 Å². The highest BCUT2D eigenvalue weighted by atomic mass is 19.1. The number of nitrogens with two attached hydrogens (primary N) is 1. The zero-order chi connectivity index (χ0) is 31.7. The fraction of sp³-hybridized carbons (Fsp3) is 0.364.